The number of ether oxygens (including phenoxy) is 1. The number of hydrogen-bond donors (Lipinski definition) is 0. The van der Waals surface area contributed by atoms with Gasteiger partial charge in [-0.25, -0.2) is 22.4 Å². The van der Waals surface area contributed by atoms with Gasteiger partial charge in [0.1, 0.15) is 5.83 Å². The van der Waals surface area contributed by atoms with E-state index in [1.54, 1.807) is 6.07 Å². The van der Waals surface area contributed by atoms with E-state index < -0.39 is 41.3 Å². The van der Waals surface area contributed by atoms with E-state index in [4.69, 9.17) is 0 Å². The number of halogens is 4. The maximum atomic E-state index is 14.1. The summed E-state index contributed by atoms with van der Waals surface area (Å²) in [6.45, 7) is 4.48. The Labute approximate surface area is 124 Å². The summed E-state index contributed by atoms with van der Waals surface area (Å²) in [7, 11) is 0. The second-order valence-electron chi connectivity index (χ2n) is 4.76. The molecule has 0 spiro atoms. The molecule has 2 unspecified atom stereocenters. The lowest BCUT2D eigenvalue weighted by Crippen LogP contribution is -2.33. The molecule has 6 heteroatoms. The predicted molar refractivity (Wildman–Crippen MR) is 73.3 cm³/mol. The van der Waals surface area contributed by atoms with E-state index in [1.165, 1.54) is 31.2 Å². The van der Waals surface area contributed by atoms with Crippen LogP contribution in [0.4, 0.5) is 17.6 Å². The second kappa shape index (κ2) is 6.17. The van der Waals surface area contributed by atoms with Gasteiger partial charge < -0.3 is 4.74 Å². The van der Waals surface area contributed by atoms with Gasteiger partial charge in [-0.3, -0.25) is 0 Å². The standard InChI is InChI=1S/C16H12F4O2/c1-8(2)16(21)22-15-13(19)11(17)10(12(18)14(15)20)9-6-4-3-5-7-9/h3-7,13,15H,1H2,2H3. The Balaban J connectivity index is 2.44. The lowest BCUT2D eigenvalue weighted by Gasteiger charge is -2.25. The van der Waals surface area contributed by atoms with Crippen LogP contribution in [0.25, 0.3) is 5.57 Å². The van der Waals surface area contributed by atoms with Crippen molar-refractivity contribution in [2.75, 3.05) is 0 Å². The molecule has 2 rings (SSSR count). The van der Waals surface area contributed by atoms with E-state index in [0.717, 1.165) is 0 Å². The monoisotopic (exact) mass is 312 g/mol. The number of allylic oxidation sites excluding steroid dienone is 2. The average molecular weight is 312 g/mol. The fourth-order valence-corrected chi connectivity index (χ4v) is 1.95. The molecule has 1 aromatic carbocycles. The summed E-state index contributed by atoms with van der Waals surface area (Å²) >= 11 is 0. The highest BCUT2D eigenvalue weighted by atomic mass is 19.2. The third-order valence-corrected chi connectivity index (χ3v) is 3.07. The van der Waals surface area contributed by atoms with Crippen LogP contribution in [0.1, 0.15) is 12.5 Å². The SMILES string of the molecule is C=C(C)C(=O)OC1C(F)=C(F)C(c2ccccc2)=C(F)C1F. The fourth-order valence-electron chi connectivity index (χ4n) is 1.95. The number of esters is 1. The van der Waals surface area contributed by atoms with Gasteiger partial charge in [0.25, 0.3) is 0 Å². The summed E-state index contributed by atoms with van der Waals surface area (Å²) in [4.78, 5) is 11.3. The molecule has 2 atom stereocenters. The zero-order chi connectivity index (χ0) is 16.4. The van der Waals surface area contributed by atoms with Gasteiger partial charge in [-0.1, -0.05) is 36.9 Å². The number of hydrogen-bond acceptors (Lipinski definition) is 2. The van der Waals surface area contributed by atoms with Crippen LogP contribution in [0.3, 0.4) is 0 Å². The molecular formula is C16H12F4O2. The molecule has 0 heterocycles. The smallest absolute Gasteiger partial charge is 0.333 e. The lowest BCUT2D eigenvalue weighted by atomic mass is 9.94. The summed E-state index contributed by atoms with van der Waals surface area (Å²) in [5.41, 5.74) is -0.966. The summed E-state index contributed by atoms with van der Waals surface area (Å²) < 4.78 is 60.6. The molecule has 0 radical (unpaired) electrons. The third kappa shape index (κ3) is 2.81. The third-order valence-electron chi connectivity index (χ3n) is 3.07. The Bertz CT molecular complexity index is 677. The number of benzene rings is 1. The van der Waals surface area contributed by atoms with Gasteiger partial charge in [0.15, 0.2) is 23.9 Å². The molecule has 116 valence electrons. The molecule has 0 aromatic heterocycles. The highest BCUT2D eigenvalue weighted by Gasteiger charge is 2.42. The molecule has 1 aliphatic carbocycles. The van der Waals surface area contributed by atoms with Crippen molar-refractivity contribution in [3.63, 3.8) is 0 Å². The molecule has 0 fully saturated rings. The number of alkyl halides is 1. The zero-order valence-electron chi connectivity index (χ0n) is 11.6. The van der Waals surface area contributed by atoms with E-state index >= 15 is 0 Å². The normalized spacial score (nSPS) is 21.9. The Morgan fingerprint density at radius 3 is 2.27 bits per heavy atom. The summed E-state index contributed by atoms with van der Waals surface area (Å²) in [6, 6.07) is 7.17. The van der Waals surface area contributed by atoms with Crippen LogP contribution in [-0.2, 0) is 9.53 Å². The minimum atomic E-state index is -2.63. The second-order valence-corrected chi connectivity index (χ2v) is 4.76. The van der Waals surface area contributed by atoms with Crippen molar-refractivity contribution in [3.05, 3.63) is 65.5 Å². The van der Waals surface area contributed by atoms with Gasteiger partial charge >= 0.3 is 5.97 Å². The first-order valence-corrected chi connectivity index (χ1v) is 6.35. The molecule has 0 N–H and O–H groups in total. The van der Waals surface area contributed by atoms with E-state index in [-0.39, 0.29) is 11.1 Å². The topological polar surface area (TPSA) is 26.3 Å². The minimum Gasteiger partial charge on any atom is -0.448 e. The Morgan fingerprint density at radius 2 is 1.73 bits per heavy atom. The summed E-state index contributed by atoms with van der Waals surface area (Å²) in [5, 5.41) is 0. The van der Waals surface area contributed by atoms with Crippen LogP contribution in [0.5, 0.6) is 0 Å². The van der Waals surface area contributed by atoms with Crippen molar-refractivity contribution in [2.45, 2.75) is 19.2 Å². The van der Waals surface area contributed by atoms with Gasteiger partial charge in [-0.05, 0) is 12.5 Å². The molecule has 1 aromatic rings. The van der Waals surface area contributed by atoms with E-state index in [2.05, 4.69) is 11.3 Å². The highest BCUT2D eigenvalue weighted by molar-refractivity contribution is 5.88. The fraction of sp³-hybridized carbons (Fsp3) is 0.188. The molecule has 22 heavy (non-hydrogen) atoms. The van der Waals surface area contributed by atoms with E-state index in [0.29, 0.717) is 0 Å². The maximum Gasteiger partial charge on any atom is 0.333 e. The molecule has 2 nitrogen and oxygen atoms in total. The first kappa shape index (κ1) is 16.0. The van der Waals surface area contributed by atoms with Gasteiger partial charge in [0, 0.05) is 5.57 Å². The molecule has 0 aliphatic heterocycles. The molecule has 0 bridgehead atoms. The van der Waals surface area contributed by atoms with Crippen LogP contribution in [0.15, 0.2) is 60.0 Å². The molecule has 0 saturated carbocycles. The van der Waals surface area contributed by atoms with Crippen molar-refractivity contribution >= 4 is 11.5 Å². The summed E-state index contributed by atoms with van der Waals surface area (Å²) in [5.74, 6) is -5.91. The minimum absolute atomic E-state index is 0.0139. The number of carbonyl (C=O) groups is 1. The maximum absolute atomic E-state index is 14.1. The van der Waals surface area contributed by atoms with Crippen molar-refractivity contribution in [2.24, 2.45) is 0 Å². The molecule has 0 amide bonds. The van der Waals surface area contributed by atoms with Crippen molar-refractivity contribution in [1.82, 2.24) is 0 Å². The van der Waals surface area contributed by atoms with Crippen LogP contribution >= 0.6 is 0 Å². The van der Waals surface area contributed by atoms with Crippen molar-refractivity contribution in [1.29, 1.82) is 0 Å². The van der Waals surface area contributed by atoms with Gasteiger partial charge in [-0.2, -0.15) is 0 Å². The average Bonchev–Trinajstić information content (AvgIpc) is 2.50. The van der Waals surface area contributed by atoms with E-state index in [9.17, 15) is 22.4 Å². The predicted octanol–water partition coefficient (Wildman–Crippen LogP) is 4.36. The Morgan fingerprint density at radius 1 is 1.14 bits per heavy atom. The zero-order valence-corrected chi connectivity index (χ0v) is 11.6. The molecule has 1 aliphatic rings. The van der Waals surface area contributed by atoms with Crippen LogP contribution in [0.2, 0.25) is 0 Å². The summed E-state index contributed by atoms with van der Waals surface area (Å²) in [6.07, 6.45) is -4.92. The molecular weight excluding hydrogens is 300 g/mol. The van der Waals surface area contributed by atoms with Crippen LogP contribution < -0.4 is 0 Å². The Hall–Kier alpha value is -2.37. The van der Waals surface area contributed by atoms with Gasteiger partial charge in [0.05, 0.1) is 5.57 Å². The molecule has 0 saturated heterocycles. The first-order valence-electron chi connectivity index (χ1n) is 6.35. The van der Waals surface area contributed by atoms with Crippen molar-refractivity contribution in [3.8, 4) is 0 Å². The van der Waals surface area contributed by atoms with Crippen LogP contribution in [-0.4, -0.2) is 18.2 Å². The largest absolute Gasteiger partial charge is 0.448 e. The van der Waals surface area contributed by atoms with Crippen LogP contribution in [0, 0.1) is 0 Å². The Kier molecular flexibility index (Phi) is 4.49. The quantitative estimate of drug-likeness (QED) is 0.471. The van der Waals surface area contributed by atoms with E-state index in [1.807, 2.05) is 0 Å². The van der Waals surface area contributed by atoms with Gasteiger partial charge in [0.2, 0.25) is 0 Å². The van der Waals surface area contributed by atoms with Gasteiger partial charge in [-0.15, -0.1) is 0 Å². The first-order chi connectivity index (χ1) is 10.3. The lowest BCUT2D eigenvalue weighted by molar-refractivity contribution is -0.146. The van der Waals surface area contributed by atoms with Crippen molar-refractivity contribution < 1.29 is 27.1 Å². The number of carbonyl (C=O) groups excluding carboxylic acids is 1. The number of rotatable bonds is 3. The highest BCUT2D eigenvalue weighted by Crippen LogP contribution is 2.41.